The van der Waals surface area contributed by atoms with Crippen LogP contribution in [0.5, 0.6) is 0 Å². The third kappa shape index (κ3) is 3.48. The van der Waals surface area contributed by atoms with Crippen LogP contribution in [-0.2, 0) is 0 Å². The molecule has 1 aromatic rings. The summed E-state index contributed by atoms with van der Waals surface area (Å²) in [5.74, 6) is 0.644. The quantitative estimate of drug-likeness (QED) is 0.870. The van der Waals surface area contributed by atoms with Crippen molar-refractivity contribution in [1.29, 1.82) is 5.26 Å². The third-order valence-electron chi connectivity index (χ3n) is 4.11. The Labute approximate surface area is 115 Å². The molecule has 19 heavy (non-hydrogen) atoms. The number of hydrogen-bond donors (Lipinski definition) is 2. The topological polar surface area (TPSA) is 61.8 Å². The van der Waals surface area contributed by atoms with E-state index in [2.05, 4.69) is 11.4 Å². The summed E-state index contributed by atoms with van der Waals surface area (Å²) in [5.41, 5.74) is 8.75. The number of nitrogens with one attached hydrogen (secondary N) is 1. The standard InChI is InChI=1S/C16H23N3/c1-12-7-8-14(10-17)15(9-12)19-16(11-18)13-5-3-2-4-6-13/h7-9,13,16,19H,2-6,11,18H2,1H3. The number of nitrogens with two attached hydrogens (primary N) is 1. The predicted octanol–water partition coefficient (Wildman–Crippen LogP) is 3.19. The summed E-state index contributed by atoms with van der Waals surface area (Å²) in [5, 5.41) is 12.7. The molecule has 3 N–H and O–H groups in total. The second-order valence-corrected chi connectivity index (χ2v) is 5.55. The van der Waals surface area contributed by atoms with Crippen molar-refractivity contribution in [1.82, 2.24) is 0 Å². The van der Waals surface area contributed by atoms with Gasteiger partial charge in [-0.05, 0) is 43.4 Å². The highest BCUT2D eigenvalue weighted by molar-refractivity contribution is 5.59. The molecule has 1 unspecified atom stereocenters. The van der Waals surface area contributed by atoms with E-state index in [0.717, 1.165) is 5.69 Å². The number of rotatable bonds is 4. The monoisotopic (exact) mass is 257 g/mol. The fourth-order valence-electron chi connectivity index (χ4n) is 2.98. The molecule has 0 radical (unpaired) electrons. The number of aryl methyl sites for hydroxylation is 1. The molecule has 0 heterocycles. The van der Waals surface area contributed by atoms with E-state index in [0.29, 0.717) is 18.0 Å². The van der Waals surface area contributed by atoms with Gasteiger partial charge in [0.1, 0.15) is 6.07 Å². The van der Waals surface area contributed by atoms with Gasteiger partial charge in [-0.1, -0.05) is 25.3 Å². The van der Waals surface area contributed by atoms with Gasteiger partial charge in [0.25, 0.3) is 0 Å². The van der Waals surface area contributed by atoms with E-state index in [9.17, 15) is 5.26 Å². The fourth-order valence-corrected chi connectivity index (χ4v) is 2.98. The Morgan fingerprint density at radius 1 is 1.37 bits per heavy atom. The first kappa shape index (κ1) is 13.9. The zero-order chi connectivity index (χ0) is 13.7. The van der Waals surface area contributed by atoms with Gasteiger partial charge in [0, 0.05) is 12.6 Å². The number of nitriles is 1. The molecule has 1 aromatic carbocycles. The van der Waals surface area contributed by atoms with Crippen molar-refractivity contribution in [2.45, 2.75) is 45.1 Å². The highest BCUT2D eigenvalue weighted by Crippen LogP contribution is 2.28. The van der Waals surface area contributed by atoms with E-state index in [1.807, 2.05) is 25.1 Å². The summed E-state index contributed by atoms with van der Waals surface area (Å²) < 4.78 is 0. The smallest absolute Gasteiger partial charge is 0.101 e. The minimum Gasteiger partial charge on any atom is -0.380 e. The van der Waals surface area contributed by atoms with Crippen LogP contribution in [0.4, 0.5) is 5.69 Å². The average Bonchev–Trinajstić information content (AvgIpc) is 2.46. The molecular weight excluding hydrogens is 234 g/mol. The lowest BCUT2D eigenvalue weighted by Crippen LogP contribution is -2.37. The zero-order valence-electron chi connectivity index (χ0n) is 11.7. The molecule has 0 aliphatic heterocycles. The Morgan fingerprint density at radius 2 is 2.11 bits per heavy atom. The normalized spacial score (nSPS) is 17.7. The fraction of sp³-hybridized carbons (Fsp3) is 0.562. The number of benzene rings is 1. The van der Waals surface area contributed by atoms with Gasteiger partial charge >= 0.3 is 0 Å². The molecule has 0 aromatic heterocycles. The maximum atomic E-state index is 9.18. The number of nitrogens with zero attached hydrogens (tertiary/aromatic N) is 1. The highest BCUT2D eigenvalue weighted by atomic mass is 14.9. The lowest BCUT2D eigenvalue weighted by Gasteiger charge is -2.31. The van der Waals surface area contributed by atoms with Gasteiger partial charge in [0.15, 0.2) is 0 Å². The highest BCUT2D eigenvalue weighted by Gasteiger charge is 2.23. The zero-order valence-corrected chi connectivity index (χ0v) is 11.7. The van der Waals surface area contributed by atoms with Gasteiger partial charge in [-0.2, -0.15) is 5.26 Å². The summed E-state index contributed by atoms with van der Waals surface area (Å²) in [6.45, 7) is 2.67. The molecule has 1 saturated carbocycles. The second-order valence-electron chi connectivity index (χ2n) is 5.55. The average molecular weight is 257 g/mol. The van der Waals surface area contributed by atoms with Gasteiger partial charge in [-0.3, -0.25) is 0 Å². The first-order valence-electron chi connectivity index (χ1n) is 7.22. The molecule has 1 aliphatic rings. The SMILES string of the molecule is Cc1ccc(C#N)c(NC(CN)C2CCCCC2)c1. The van der Waals surface area contributed by atoms with Crippen LogP contribution in [-0.4, -0.2) is 12.6 Å². The van der Waals surface area contributed by atoms with Gasteiger partial charge in [0.2, 0.25) is 0 Å². The third-order valence-corrected chi connectivity index (χ3v) is 4.11. The van der Waals surface area contributed by atoms with Gasteiger partial charge < -0.3 is 11.1 Å². The Kier molecular flexibility index (Phi) is 4.81. The Morgan fingerprint density at radius 3 is 2.74 bits per heavy atom. The van der Waals surface area contributed by atoms with E-state index in [1.54, 1.807) is 0 Å². The molecule has 0 bridgehead atoms. The molecule has 102 valence electrons. The molecule has 0 spiro atoms. The van der Waals surface area contributed by atoms with Gasteiger partial charge in [0.05, 0.1) is 11.3 Å². The van der Waals surface area contributed by atoms with Crippen LogP contribution >= 0.6 is 0 Å². The van der Waals surface area contributed by atoms with Crippen LogP contribution < -0.4 is 11.1 Å². The Hall–Kier alpha value is -1.53. The second kappa shape index (κ2) is 6.58. The molecule has 3 nitrogen and oxygen atoms in total. The van der Waals surface area contributed by atoms with Crippen molar-refractivity contribution in [3.05, 3.63) is 29.3 Å². The van der Waals surface area contributed by atoms with E-state index >= 15 is 0 Å². The van der Waals surface area contributed by atoms with E-state index in [4.69, 9.17) is 5.73 Å². The minimum absolute atomic E-state index is 0.286. The van der Waals surface area contributed by atoms with Crippen LogP contribution in [0.3, 0.4) is 0 Å². The van der Waals surface area contributed by atoms with Crippen LogP contribution in [0.15, 0.2) is 18.2 Å². The molecule has 3 heteroatoms. The van der Waals surface area contributed by atoms with Crippen LogP contribution in [0.1, 0.15) is 43.2 Å². The first-order chi connectivity index (χ1) is 9.24. The van der Waals surface area contributed by atoms with Crippen molar-refractivity contribution in [3.8, 4) is 6.07 Å². The van der Waals surface area contributed by atoms with E-state index < -0.39 is 0 Å². The molecular formula is C16H23N3. The van der Waals surface area contributed by atoms with E-state index in [1.165, 1.54) is 37.7 Å². The predicted molar refractivity (Wildman–Crippen MR) is 78.9 cm³/mol. The number of hydrogen-bond acceptors (Lipinski definition) is 3. The van der Waals surface area contributed by atoms with E-state index in [-0.39, 0.29) is 6.04 Å². The summed E-state index contributed by atoms with van der Waals surface area (Å²) in [4.78, 5) is 0. The van der Waals surface area contributed by atoms with Gasteiger partial charge in [-0.25, -0.2) is 0 Å². The molecule has 1 fully saturated rings. The molecule has 1 aliphatic carbocycles. The summed E-state index contributed by atoms with van der Waals surface area (Å²) >= 11 is 0. The van der Waals surface area contributed by atoms with Crippen molar-refractivity contribution in [2.75, 3.05) is 11.9 Å². The Bertz CT molecular complexity index is 456. The largest absolute Gasteiger partial charge is 0.380 e. The number of anilines is 1. The summed E-state index contributed by atoms with van der Waals surface area (Å²) in [6, 6.07) is 8.44. The summed E-state index contributed by atoms with van der Waals surface area (Å²) in [6.07, 6.45) is 6.47. The molecule has 1 atom stereocenters. The van der Waals surface area contributed by atoms with Crippen LogP contribution in [0.2, 0.25) is 0 Å². The lowest BCUT2D eigenvalue weighted by molar-refractivity contribution is 0.320. The maximum Gasteiger partial charge on any atom is 0.101 e. The van der Waals surface area contributed by atoms with Crippen molar-refractivity contribution in [3.63, 3.8) is 0 Å². The van der Waals surface area contributed by atoms with Crippen LogP contribution in [0.25, 0.3) is 0 Å². The summed E-state index contributed by atoms with van der Waals surface area (Å²) in [7, 11) is 0. The first-order valence-corrected chi connectivity index (χ1v) is 7.22. The molecule has 2 rings (SSSR count). The van der Waals surface area contributed by atoms with Crippen molar-refractivity contribution in [2.24, 2.45) is 11.7 Å². The lowest BCUT2D eigenvalue weighted by atomic mass is 9.83. The molecule has 0 saturated heterocycles. The maximum absolute atomic E-state index is 9.18. The Balaban J connectivity index is 2.13. The minimum atomic E-state index is 0.286. The van der Waals surface area contributed by atoms with Crippen LogP contribution in [0, 0.1) is 24.2 Å². The molecule has 0 amide bonds. The van der Waals surface area contributed by atoms with Crippen molar-refractivity contribution < 1.29 is 0 Å². The van der Waals surface area contributed by atoms with Gasteiger partial charge in [-0.15, -0.1) is 0 Å². The van der Waals surface area contributed by atoms with Crippen molar-refractivity contribution >= 4 is 5.69 Å².